The molecule has 19 N–H and O–H groups in total. The third-order valence-electron chi connectivity index (χ3n) is 9.60. The molecular weight excluding hydrogens is 696 g/mol. The molecule has 4 aliphatic rings. The van der Waals surface area contributed by atoms with Crippen molar-refractivity contribution in [3.05, 3.63) is 0 Å². The average molecular weight is 750 g/mol. The van der Waals surface area contributed by atoms with E-state index >= 15 is 0 Å². The van der Waals surface area contributed by atoms with E-state index in [9.17, 15) is 49.3 Å². The number of likely N-dealkylation sites (N-methyl/N-ethyl adjacent to an activating group) is 1. The van der Waals surface area contributed by atoms with Crippen molar-refractivity contribution < 1.29 is 77.7 Å². The molecule has 1 unspecified atom stereocenters. The van der Waals surface area contributed by atoms with Gasteiger partial charge in [0.25, 0.3) is 11.8 Å². The number of hydrogen-bond donors (Lipinski definition) is 14. The van der Waals surface area contributed by atoms with Crippen molar-refractivity contribution in [1.82, 2.24) is 10.6 Å². The molecule has 0 aromatic rings. The van der Waals surface area contributed by atoms with Gasteiger partial charge in [0.1, 0.15) is 54.9 Å². The number of ether oxygens (including phenoxy) is 6. The Morgan fingerprint density at radius 3 is 2.04 bits per heavy atom. The van der Waals surface area contributed by atoms with Gasteiger partial charge in [0.2, 0.25) is 0 Å². The highest BCUT2D eigenvalue weighted by molar-refractivity contribution is 5.82. The number of amides is 1. The van der Waals surface area contributed by atoms with Crippen molar-refractivity contribution in [1.29, 1.82) is 0 Å². The maximum atomic E-state index is 14.0. The maximum absolute atomic E-state index is 14.0. The Hall–Kier alpha value is -1.43. The molecule has 3 aliphatic heterocycles. The molecule has 23 heteroatoms. The van der Waals surface area contributed by atoms with E-state index in [1.165, 1.54) is 0 Å². The summed E-state index contributed by atoms with van der Waals surface area (Å²) in [6.07, 6.45) is -22.7. The van der Waals surface area contributed by atoms with E-state index in [1.807, 2.05) is 0 Å². The standard InChI is InChI=1S/C28H53F2N7O14/c1-36-5-13-11(39)3-9(34)25(47-13)49-20-8(33)2-10(37-24(45)23(44)28(29,30)7-32)16(40)22(20)51-27-19(43)21(14(6-38)48-27)50-26-15(35)18(42)17(41)12(4-31)46-26/h8-23,25-27,36,38-44H,2-7,31-35H2,1H3,(H,37,45)/t8-,9+,10+,11-,12-,13+,14+,15+,16-,17+,18+,19+,20+,21+,22+,23?,25+,26+,27-/m0/s1. The summed E-state index contributed by atoms with van der Waals surface area (Å²) in [7, 11) is 1.63. The second-order valence-electron chi connectivity index (χ2n) is 13.3. The van der Waals surface area contributed by atoms with Crippen LogP contribution in [0, 0.1) is 0 Å². The van der Waals surface area contributed by atoms with Gasteiger partial charge in [0.15, 0.2) is 25.0 Å². The van der Waals surface area contributed by atoms with Gasteiger partial charge in [-0.05, 0) is 19.9 Å². The fourth-order valence-electron chi connectivity index (χ4n) is 6.57. The first-order valence-electron chi connectivity index (χ1n) is 16.6. The molecule has 0 aromatic heterocycles. The Labute approximate surface area is 291 Å². The minimum absolute atomic E-state index is 0.0444. The summed E-state index contributed by atoms with van der Waals surface area (Å²) in [6.45, 7) is -2.13. The molecule has 4 fully saturated rings. The number of halogens is 2. The van der Waals surface area contributed by atoms with E-state index in [1.54, 1.807) is 7.05 Å². The van der Waals surface area contributed by atoms with E-state index in [4.69, 9.17) is 57.1 Å². The van der Waals surface area contributed by atoms with Crippen molar-refractivity contribution in [3.8, 4) is 0 Å². The first-order chi connectivity index (χ1) is 24.0. The SMILES string of the molecule is CNC[C@H]1O[C@H](O[C@H]2[C@H](O[C@@H]3O[C@H](CO)[C@@H](O[C@H]4O[C@@H](CN)[C@@H](O)[C@H](O)[C@H]4N)[C@H]3O)[C@@H](O)[C@H](NC(=O)C(O)C(F)(F)CN)C[C@@H]2N)[C@H](N)C[C@@H]1O. The normalized spacial score (nSPS) is 45.8. The molecule has 0 aromatic carbocycles. The molecule has 3 saturated heterocycles. The van der Waals surface area contributed by atoms with Crippen LogP contribution < -0.4 is 39.3 Å². The molecule has 1 saturated carbocycles. The zero-order chi connectivity index (χ0) is 37.9. The van der Waals surface area contributed by atoms with Crippen molar-refractivity contribution in [2.24, 2.45) is 28.7 Å². The predicted octanol–water partition coefficient (Wildman–Crippen LogP) is -8.49. The largest absolute Gasteiger partial charge is 0.394 e. The highest BCUT2D eigenvalue weighted by Gasteiger charge is 2.55. The molecular formula is C28H53F2N7O14. The van der Waals surface area contributed by atoms with Crippen molar-refractivity contribution >= 4 is 5.91 Å². The van der Waals surface area contributed by atoms with Gasteiger partial charge in [0.05, 0.1) is 43.5 Å². The van der Waals surface area contributed by atoms with E-state index in [2.05, 4.69) is 10.6 Å². The number of alkyl halides is 2. The van der Waals surface area contributed by atoms with E-state index in [0.717, 1.165) is 0 Å². The number of aliphatic hydroxyl groups is 7. The molecule has 0 spiro atoms. The van der Waals surface area contributed by atoms with Gasteiger partial charge in [-0.2, -0.15) is 0 Å². The fraction of sp³-hybridized carbons (Fsp3) is 0.964. The van der Waals surface area contributed by atoms with Crippen molar-refractivity contribution in [3.63, 3.8) is 0 Å². The summed E-state index contributed by atoms with van der Waals surface area (Å²) in [5.41, 5.74) is 29.3. The lowest BCUT2D eigenvalue weighted by molar-refractivity contribution is -0.296. The first kappa shape index (κ1) is 42.3. The van der Waals surface area contributed by atoms with Crippen LogP contribution in [0.2, 0.25) is 0 Å². The minimum atomic E-state index is -4.00. The van der Waals surface area contributed by atoms with Crippen molar-refractivity contribution in [2.45, 2.75) is 135 Å². The first-order valence-corrected chi connectivity index (χ1v) is 16.6. The Morgan fingerprint density at radius 2 is 1.43 bits per heavy atom. The van der Waals surface area contributed by atoms with Crippen LogP contribution in [0.4, 0.5) is 8.78 Å². The summed E-state index contributed by atoms with van der Waals surface area (Å²) >= 11 is 0. The predicted molar refractivity (Wildman–Crippen MR) is 166 cm³/mol. The molecule has 19 atom stereocenters. The van der Waals surface area contributed by atoms with Crippen LogP contribution >= 0.6 is 0 Å². The Balaban J connectivity index is 1.58. The molecule has 3 heterocycles. The van der Waals surface area contributed by atoms with Crippen LogP contribution in [0.15, 0.2) is 0 Å². The van der Waals surface area contributed by atoms with Crippen LogP contribution in [0.5, 0.6) is 0 Å². The second kappa shape index (κ2) is 17.8. The van der Waals surface area contributed by atoms with Gasteiger partial charge < -0.3 is 103 Å². The number of hydrogen-bond acceptors (Lipinski definition) is 20. The number of aliphatic hydroxyl groups excluding tert-OH is 7. The van der Waals surface area contributed by atoms with Gasteiger partial charge in [-0.15, -0.1) is 0 Å². The summed E-state index contributed by atoms with van der Waals surface area (Å²) < 4.78 is 63.2. The van der Waals surface area contributed by atoms with Crippen LogP contribution in [-0.2, 0) is 33.2 Å². The molecule has 4 rings (SSSR count). The van der Waals surface area contributed by atoms with Crippen molar-refractivity contribution in [2.75, 3.05) is 33.3 Å². The van der Waals surface area contributed by atoms with Gasteiger partial charge in [-0.3, -0.25) is 4.79 Å². The minimum Gasteiger partial charge on any atom is -0.394 e. The van der Waals surface area contributed by atoms with Gasteiger partial charge in [-0.25, -0.2) is 8.78 Å². The fourth-order valence-corrected chi connectivity index (χ4v) is 6.57. The maximum Gasteiger partial charge on any atom is 0.294 e. The molecule has 298 valence electrons. The monoisotopic (exact) mass is 749 g/mol. The van der Waals surface area contributed by atoms with Gasteiger partial charge in [0, 0.05) is 19.1 Å². The van der Waals surface area contributed by atoms with E-state index in [-0.39, 0.29) is 25.9 Å². The van der Waals surface area contributed by atoms with Crippen LogP contribution in [0.1, 0.15) is 12.8 Å². The van der Waals surface area contributed by atoms with Crippen LogP contribution in [0.25, 0.3) is 0 Å². The number of nitrogens with two attached hydrogens (primary N) is 5. The lowest BCUT2D eigenvalue weighted by Gasteiger charge is -2.47. The third kappa shape index (κ3) is 9.27. The topological polar surface area (TPSA) is 368 Å². The Morgan fingerprint density at radius 1 is 0.824 bits per heavy atom. The zero-order valence-electron chi connectivity index (χ0n) is 27.8. The summed E-state index contributed by atoms with van der Waals surface area (Å²) in [5, 5.41) is 78.8. The molecule has 51 heavy (non-hydrogen) atoms. The molecule has 1 aliphatic carbocycles. The second-order valence-corrected chi connectivity index (χ2v) is 13.3. The van der Waals surface area contributed by atoms with Gasteiger partial charge in [-0.1, -0.05) is 0 Å². The van der Waals surface area contributed by atoms with E-state index in [0.29, 0.717) is 0 Å². The molecule has 21 nitrogen and oxygen atoms in total. The quantitative estimate of drug-likeness (QED) is 0.0784. The highest BCUT2D eigenvalue weighted by Crippen LogP contribution is 2.35. The summed E-state index contributed by atoms with van der Waals surface area (Å²) in [6, 6.07) is -4.83. The number of nitrogens with one attached hydrogen (secondary N) is 2. The lowest BCUT2D eigenvalue weighted by Crippen LogP contribution is -2.68. The Bertz CT molecular complexity index is 1130. The van der Waals surface area contributed by atoms with Crippen LogP contribution in [0.3, 0.4) is 0 Å². The van der Waals surface area contributed by atoms with Crippen LogP contribution in [-0.4, -0.2) is 197 Å². The molecule has 0 bridgehead atoms. The number of rotatable bonds is 14. The number of carbonyl (C=O) groups excluding carboxylic acids is 1. The molecule has 0 radical (unpaired) electrons. The highest BCUT2D eigenvalue weighted by atomic mass is 19.3. The summed E-state index contributed by atoms with van der Waals surface area (Å²) in [4.78, 5) is 12.6. The zero-order valence-corrected chi connectivity index (χ0v) is 27.8. The third-order valence-corrected chi connectivity index (χ3v) is 9.60. The Kier molecular flexibility index (Phi) is 14.8. The summed E-state index contributed by atoms with van der Waals surface area (Å²) in [5.74, 6) is -5.57. The van der Waals surface area contributed by atoms with E-state index < -0.39 is 141 Å². The smallest absolute Gasteiger partial charge is 0.294 e. The average Bonchev–Trinajstić information content (AvgIpc) is 3.39. The van der Waals surface area contributed by atoms with Gasteiger partial charge >= 0.3 is 0 Å². The molecule has 1 amide bonds. The number of carbonyl (C=O) groups is 1. The lowest BCUT2D eigenvalue weighted by atomic mass is 9.83.